The number of allylic oxidation sites excluding steroid dienone is 2. The van der Waals surface area contributed by atoms with Crippen molar-refractivity contribution >= 4 is 68.2 Å². The molecule has 4 aromatic carbocycles. The maximum absolute atomic E-state index is 6.37. The molecular formula is C52H54BClN2O4. The minimum absolute atomic E-state index is 0.239. The van der Waals surface area contributed by atoms with E-state index in [-0.39, 0.29) is 18.3 Å². The fraction of sp³-hybridized carbons (Fsp3) is 0.269. The fourth-order valence-electron chi connectivity index (χ4n) is 7.44. The van der Waals surface area contributed by atoms with Gasteiger partial charge in [-0.05, 0) is 106 Å². The lowest BCUT2D eigenvalue weighted by Crippen LogP contribution is -2.41. The van der Waals surface area contributed by atoms with E-state index in [9.17, 15) is 0 Å². The maximum Gasteiger partial charge on any atom is 0.489 e. The van der Waals surface area contributed by atoms with Gasteiger partial charge in [-0.1, -0.05) is 118 Å². The van der Waals surface area contributed by atoms with Crippen LogP contribution in [-0.2, 0) is 9.31 Å². The molecule has 0 bridgehead atoms. The Balaban J connectivity index is 0.000000145. The number of rotatable bonds is 6. The van der Waals surface area contributed by atoms with Gasteiger partial charge in [-0.3, -0.25) is 9.97 Å². The summed E-state index contributed by atoms with van der Waals surface area (Å²) in [6, 6.07) is 32.9. The van der Waals surface area contributed by atoms with Gasteiger partial charge in [0.15, 0.2) is 0 Å². The van der Waals surface area contributed by atoms with Crippen LogP contribution >= 0.6 is 11.6 Å². The van der Waals surface area contributed by atoms with Crippen molar-refractivity contribution in [3.63, 3.8) is 0 Å². The predicted molar refractivity (Wildman–Crippen MR) is 253 cm³/mol. The molecule has 1 aliphatic rings. The minimum atomic E-state index is -0.241. The lowest BCUT2D eigenvalue weighted by Gasteiger charge is -2.32. The fourth-order valence-corrected chi connectivity index (χ4v) is 7.60. The Hall–Kier alpha value is -5.47. The Labute approximate surface area is 359 Å². The summed E-state index contributed by atoms with van der Waals surface area (Å²) >= 11 is 6.12. The van der Waals surface area contributed by atoms with Gasteiger partial charge in [0.25, 0.3) is 0 Å². The number of fused-ring (bicyclic) bond motifs is 6. The highest BCUT2D eigenvalue weighted by atomic mass is 35.5. The molecule has 0 spiro atoms. The Morgan fingerprint density at radius 3 is 1.40 bits per heavy atom. The number of benzene rings is 4. The van der Waals surface area contributed by atoms with Crippen LogP contribution in [0.25, 0.3) is 72.0 Å². The quantitative estimate of drug-likeness (QED) is 0.156. The highest BCUT2D eigenvalue weighted by Crippen LogP contribution is 2.41. The van der Waals surface area contributed by atoms with E-state index in [1.807, 2.05) is 72.0 Å². The normalized spacial score (nSPS) is 14.4. The molecule has 1 saturated heterocycles. The van der Waals surface area contributed by atoms with Crippen molar-refractivity contribution in [3.05, 3.63) is 150 Å². The van der Waals surface area contributed by atoms with E-state index in [1.54, 1.807) is 12.3 Å². The van der Waals surface area contributed by atoms with Gasteiger partial charge in [-0.15, -0.1) is 6.58 Å². The minimum Gasteiger partial charge on any atom is -0.455 e. The molecule has 9 rings (SSSR count). The zero-order valence-electron chi connectivity index (χ0n) is 36.4. The molecule has 8 heteroatoms. The summed E-state index contributed by atoms with van der Waals surface area (Å²) < 4.78 is 24.1. The molecule has 0 radical (unpaired) electrons. The van der Waals surface area contributed by atoms with Gasteiger partial charge in [0, 0.05) is 50.1 Å². The Kier molecular flexibility index (Phi) is 12.0. The molecule has 1 fully saturated rings. The summed E-state index contributed by atoms with van der Waals surface area (Å²) in [5.41, 5.74) is 12.5. The van der Waals surface area contributed by atoms with Crippen LogP contribution < -0.4 is 0 Å². The van der Waals surface area contributed by atoms with Crippen LogP contribution in [0.15, 0.2) is 137 Å². The second-order valence-electron chi connectivity index (χ2n) is 17.3. The number of aromatic nitrogens is 2. The van der Waals surface area contributed by atoms with Gasteiger partial charge < -0.3 is 18.1 Å². The number of pyridine rings is 2. The summed E-state index contributed by atoms with van der Waals surface area (Å²) in [5, 5.41) is 5.24. The monoisotopic (exact) mass is 816 g/mol. The molecule has 4 aromatic heterocycles. The summed E-state index contributed by atoms with van der Waals surface area (Å²) in [5.74, 6) is 0.824. The van der Waals surface area contributed by atoms with E-state index < -0.39 is 0 Å². The number of hydrogen-bond acceptors (Lipinski definition) is 6. The Morgan fingerprint density at radius 1 is 0.583 bits per heavy atom. The molecule has 1 aliphatic heterocycles. The SMILES string of the molecule is C=C(C)B1OC(C)(C)C(C)(C)O1.C=C(C)c1ccnc(-c2cccc3c2oc2c(C(C)C)cccc23)c1.CC(C)c1cccc2c1oc1c(-c3cc(Cl)ccn3)cccc12. The largest absolute Gasteiger partial charge is 0.489 e. The summed E-state index contributed by atoms with van der Waals surface area (Å²) in [6.07, 6.45) is 3.55. The summed E-state index contributed by atoms with van der Waals surface area (Å²) in [7, 11) is -0.241. The van der Waals surface area contributed by atoms with Crippen molar-refractivity contribution in [2.24, 2.45) is 0 Å². The van der Waals surface area contributed by atoms with Crippen molar-refractivity contribution in [2.45, 2.75) is 92.3 Å². The molecule has 0 saturated carbocycles. The topological polar surface area (TPSA) is 70.5 Å². The highest BCUT2D eigenvalue weighted by Gasteiger charge is 2.51. The molecule has 0 aliphatic carbocycles. The lowest BCUT2D eigenvalue weighted by atomic mass is 9.81. The van der Waals surface area contributed by atoms with Crippen LogP contribution in [0.1, 0.15) is 97.8 Å². The number of furan rings is 2. The van der Waals surface area contributed by atoms with E-state index in [1.165, 1.54) is 16.5 Å². The molecule has 8 aromatic rings. The maximum atomic E-state index is 6.37. The van der Waals surface area contributed by atoms with E-state index in [0.29, 0.717) is 16.9 Å². The number of nitrogens with zero attached hydrogens (tertiary/aromatic N) is 2. The van der Waals surface area contributed by atoms with E-state index in [2.05, 4.69) is 118 Å². The van der Waals surface area contributed by atoms with Gasteiger partial charge in [-0.25, -0.2) is 0 Å². The van der Waals surface area contributed by atoms with Gasteiger partial charge in [0.2, 0.25) is 0 Å². The smallest absolute Gasteiger partial charge is 0.455 e. The first-order valence-electron chi connectivity index (χ1n) is 20.6. The average Bonchev–Trinajstić information content (AvgIpc) is 3.86. The standard InChI is InChI=1S/C23H21NO.C20H16ClNO.C9H17BO2/c1-14(2)16-11-12-24-21(13-16)20-10-6-9-19-18-8-5-7-17(15(3)4)22(18)25-23(19)20;1-12(2)14-5-3-6-15-16-7-4-8-17(20(16)23-19(14)15)18-11-13(21)9-10-22-18;1-7(2)10-11-8(3,4)9(5,6)12-10/h5-13,15H,1H2,2-4H3;3-12H,1-2H3;1H2,2-6H3. The van der Waals surface area contributed by atoms with E-state index in [0.717, 1.165) is 77.6 Å². The van der Waals surface area contributed by atoms with Crippen LogP contribution in [0, 0.1) is 0 Å². The number of para-hydroxylation sites is 4. The van der Waals surface area contributed by atoms with Crippen molar-refractivity contribution in [3.8, 4) is 22.5 Å². The van der Waals surface area contributed by atoms with Gasteiger partial charge in [-0.2, -0.15) is 0 Å². The van der Waals surface area contributed by atoms with Crippen LogP contribution in [0.3, 0.4) is 0 Å². The number of halogens is 1. The first-order chi connectivity index (χ1) is 28.5. The molecule has 0 amide bonds. The molecule has 0 unspecified atom stereocenters. The first kappa shape index (κ1) is 42.7. The van der Waals surface area contributed by atoms with Gasteiger partial charge >= 0.3 is 7.12 Å². The van der Waals surface area contributed by atoms with Crippen LogP contribution in [0.2, 0.25) is 5.02 Å². The van der Waals surface area contributed by atoms with Crippen molar-refractivity contribution in [1.29, 1.82) is 0 Å². The van der Waals surface area contributed by atoms with E-state index in [4.69, 9.17) is 29.7 Å². The zero-order valence-corrected chi connectivity index (χ0v) is 37.2. The Bertz CT molecular complexity index is 2870. The van der Waals surface area contributed by atoms with Crippen molar-refractivity contribution < 1.29 is 18.1 Å². The highest BCUT2D eigenvalue weighted by molar-refractivity contribution is 6.54. The molecule has 0 N–H and O–H groups in total. The predicted octanol–water partition coefficient (Wildman–Crippen LogP) is 15.4. The van der Waals surface area contributed by atoms with Gasteiger partial charge in [0.05, 0.1) is 22.6 Å². The van der Waals surface area contributed by atoms with Crippen LogP contribution in [0.5, 0.6) is 0 Å². The summed E-state index contributed by atoms with van der Waals surface area (Å²) in [6.45, 7) is 28.7. The third kappa shape index (κ3) is 8.32. The second kappa shape index (κ2) is 16.9. The molecular weight excluding hydrogens is 763 g/mol. The van der Waals surface area contributed by atoms with E-state index >= 15 is 0 Å². The zero-order chi connectivity index (χ0) is 43.1. The Morgan fingerprint density at radius 2 is 1.00 bits per heavy atom. The molecule has 6 nitrogen and oxygen atoms in total. The van der Waals surface area contributed by atoms with Crippen LogP contribution in [-0.4, -0.2) is 28.3 Å². The number of hydrogen-bond donors (Lipinski definition) is 0. The summed E-state index contributed by atoms with van der Waals surface area (Å²) in [4.78, 5) is 9.01. The third-order valence-corrected chi connectivity index (χ3v) is 11.8. The molecule has 306 valence electrons. The molecule has 0 atom stereocenters. The third-order valence-electron chi connectivity index (χ3n) is 11.5. The van der Waals surface area contributed by atoms with Crippen LogP contribution in [0.4, 0.5) is 0 Å². The van der Waals surface area contributed by atoms with Crippen molar-refractivity contribution in [1.82, 2.24) is 9.97 Å². The van der Waals surface area contributed by atoms with Gasteiger partial charge in [0.1, 0.15) is 22.3 Å². The molecule has 5 heterocycles. The first-order valence-corrected chi connectivity index (χ1v) is 21.0. The average molecular weight is 817 g/mol. The molecule has 60 heavy (non-hydrogen) atoms. The van der Waals surface area contributed by atoms with Crippen molar-refractivity contribution in [2.75, 3.05) is 0 Å². The second-order valence-corrected chi connectivity index (χ2v) is 17.8. The lowest BCUT2D eigenvalue weighted by molar-refractivity contribution is 0.00578.